The molecule has 0 spiro atoms. The number of anilines is 2. The summed E-state index contributed by atoms with van der Waals surface area (Å²) in [5, 5.41) is 17.9. The van der Waals surface area contributed by atoms with Gasteiger partial charge in [-0.3, -0.25) is 10.1 Å². The second-order valence-electron chi connectivity index (χ2n) is 6.10. The molecule has 1 aliphatic rings. The van der Waals surface area contributed by atoms with E-state index in [2.05, 4.69) is 22.5 Å². The number of hydrogen-bond donors (Lipinski definition) is 2. The highest BCUT2D eigenvalue weighted by Gasteiger charge is 2.20. The Hall–Kier alpha value is -2.60. The van der Waals surface area contributed by atoms with Crippen LogP contribution in [0.2, 0.25) is 0 Å². The maximum atomic E-state index is 11.3. The van der Waals surface area contributed by atoms with Crippen molar-refractivity contribution in [2.75, 3.05) is 29.9 Å². The number of nitro groups is 1. The molecule has 0 amide bonds. The molecule has 6 nitrogen and oxygen atoms in total. The highest BCUT2D eigenvalue weighted by Crippen LogP contribution is 2.30. The lowest BCUT2D eigenvalue weighted by Crippen LogP contribution is -2.49. The molecule has 6 heteroatoms. The third kappa shape index (κ3) is 3.83. The van der Waals surface area contributed by atoms with E-state index in [0.717, 1.165) is 30.9 Å². The quantitative estimate of drug-likeness (QED) is 0.653. The molecule has 126 valence electrons. The lowest BCUT2D eigenvalue weighted by molar-refractivity contribution is -0.384. The SMILES string of the molecule is C[C@H]1CN(c2ccc([N+](=O)[O-])c(NCc3ccccc3)c2)CCN1. The Balaban J connectivity index is 1.81. The Labute approximate surface area is 141 Å². The summed E-state index contributed by atoms with van der Waals surface area (Å²) in [6, 6.07) is 15.6. The van der Waals surface area contributed by atoms with Crippen LogP contribution in [0.5, 0.6) is 0 Å². The maximum absolute atomic E-state index is 11.3. The minimum absolute atomic E-state index is 0.109. The van der Waals surface area contributed by atoms with E-state index in [0.29, 0.717) is 18.3 Å². The van der Waals surface area contributed by atoms with Gasteiger partial charge in [0.15, 0.2) is 0 Å². The Morgan fingerprint density at radius 3 is 2.79 bits per heavy atom. The first-order chi connectivity index (χ1) is 11.6. The number of nitrogens with zero attached hydrogens (tertiary/aromatic N) is 2. The van der Waals surface area contributed by atoms with Crippen molar-refractivity contribution in [2.24, 2.45) is 0 Å². The van der Waals surface area contributed by atoms with Gasteiger partial charge in [0.2, 0.25) is 0 Å². The van der Waals surface area contributed by atoms with Crippen molar-refractivity contribution in [3.63, 3.8) is 0 Å². The second-order valence-corrected chi connectivity index (χ2v) is 6.10. The number of hydrogen-bond acceptors (Lipinski definition) is 5. The molecule has 1 aliphatic heterocycles. The maximum Gasteiger partial charge on any atom is 0.292 e. The Kier molecular flexibility index (Phi) is 4.96. The van der Waals surface area contributed by atoms with Crippen LogP contribution in [0.25, 0.3) is 0 Å². The van der Waals surface area contributed by atoms with E-state index in [1.54, 1.807) is 6.07 Å². The van der Waals surface area contributed by atoms with Crippen LogP contribution in [0, 0.1) is 10.1 Å². The first-order valence-corrected chi connectivity index (χ1v) is 8.18. The van der Waals surface area contributed by atoms with Crippen LogP contribution in [0.4, 0.5) is 17.1 Å². The molecular formula is C18H22N4O2. The fourth-order valence-electron chi connectivity index (χ4n) is 2.98. The molecule has 1 saturated heterocycles. The Morgan fingerprint density at radius 1 is 1.29 bits per heavy atom. The molecule has 0 unspecified atom stereocenters. The molecule has 0 aliphatic carbocycles. The zero-order valence-electron chi connectivity index (χ0n) is 13.7. The standard InChI is InChI=1S/C18H22N4O2/c1-14-13-21(10-9-19-14)16-7-8-18(22(23)24)17(11-16)20-12-15-5-3-2-4-6-15/h2-8,11,14,19-20H,9-10,12-13H2,1H3/t14-/m0/s1. The largest absolute Gasteiger partial charge is 0.375 e. The smallest absolute Gasteiger partial charge is 0.292 e. The molecule has 0 saturated carbocycles. The average molecular weight is 326 g/mol. The normalized spacial score (nSPS) is 17.5. The van der Waals surface area contributed by atoms with Crippen molar-refractivity contribution in [2.45, 2.75) is 19.5 Å². The molecule has 0 bridgehead atoms. The summed E-state index contributed by atoms with van der Waals surface area (Å²) in [7, 11) is 0. The van der Waals surface area contributed by atoms with Gasteiger partial charge in [-0.1, -0.05) is 30.3 Å². The van der Waals surface area contributed by atoms with Gasteiger partial charge in [-0.25, -0.2) is 0 Å². The zero-order valence-corrected chi connectivity index (χ0v) is 13.7. The summed E-state index contributed by atoms with van der Waals surface area (Å²) in [5.41, 5.74) is 2.78. The molecule has 1 atom stereocenters. The Bertz CT molecular complexity index is 705. The van der Waals surface area contributed by atoms with Crippen molar-refractivity contribution >= 4 is 17.1 Å². The third-order valence-corrected chi connectivity index (χ3v) is 4.24. The lowest BCUT2D eigenvalue weighted by atomic mass is 10.1. The van der Waals surface area contributed by atoms with E-state index in [4.69, 9.17) is 0 Å². The van der Waals surface area contributed by atoms with Gasteiger partial charge in [0, 0.05) is 44.0 Å². The second kappa shape index (κ2) is 7.31. The average Bonchev–Trinajstić information content (AvgIpc) is 2.60. The van der Waals surface area contributed by atoms with E-state index in [-0.39, 0.29) is 10.6 Å². The Morgan fingerprint density at radius 2 is 2.08 bits per heavy atom. The van der Waals surface area contributed by atoms with E-state index in [1.165, 1.54) is 0 Å². The number of nitrogens with one attached hydrogen (secondary N) is 2. The molecule has 1 heterocycles. The summed E-state index contributed by atoms with van der Waals surface area (Å²) in [6.45, 7) is 5.43. The first-order valence-electron chi connectivity index (χ1n) is 8.18. The molecule has 24 heavy (non-hydrogen) atoms. The summed E-state index contributed by atoms with van der Waals surface area (Å²) in [4.78, 5) is 13.2. The van der Waals surface area contributed by atoms with Gasteiger partial charge in [-0.15, -0.1) is 0 Å². The van der Waals surface area contributed by atoms with Gasteiger partial charge in [0.1, 0.15) is 5.69 Å². The van der Waals surface area contributed by atoms with Crippen molar-refractivity contribution in [1.82, 2.24) is 5.32 Å². The van der Waals surface area contributed by atoms with Crippen LogP contribution in [0.15, 0.2) is 48.5 Å². The molecule has 2 aromatic carbocycles. The van der Waals surface area contributed by atoms with E-state index in [9.17, 15) is 10.1 Å². The third-order valence-electron chi connectivity index (χ3n) is 4.24. The lowest BCUT2D eigenvalue weighted by Gasteiger charge is -2.33. The van der Waals surface area contributed by atoms with E-state index in [1.807, 2.05) is 42.5 Å². The topological polar surface area (TPSA) is 70.4 Å². The monoisotopic (exact) mass is 326 g/mol. The minimum Gasteiger partial charge on any atom is -0.375 e. The molecule has 3 rings (SSSR count). The fourth-order valence-corrected chi connectivity index (χ4v) is 2.98. The highest BCUT2D eigenvalue weighted by molar-refractivity contribution is 5.69. The predicted molar refractivity (Wildman–Crippen MR) is 96.5 cm³/mol. The molecular weight excluding hydrogens is 304 g/mol. The van der Waals surface area contributed by atoms with Gasteiger partial charge < -0.3 is 15.5 Å². The molecule has 2 N–H and O–H groups in total. The van der Waals surface area contributed by atoms with Crippen molar-refractivity contribution in [3.8, 4) is 0 Å². The van der Waals surface area contributed by atoms with Crippen molar-refractivity contribution in [3.05, 3.63) is 64.2 Å². The number of nitro benzene ring substituents is 1. The van der Waals surface area contributed by atoms with Crippen molar-refractivity contribution in [1.29, 1.82) is 0 Å². The molecule has 0 aromatic heterocycles. The fraction of sp³-hybridized carbons (Fsp3) is 0.333. The zero-order chi connectivity index (χ0) is 16.9. The van der Waals surface area contributed by atoms with E-state index < -0.39 is 0 Å². The summed E-state index contributed by atoms with van der Waals surface area (Å²) >= 11 is 0. The van der Waals surface area contributed by atoms with Gasteiger partial charge in [0.05, 0.1) is 4.92 Å². The highest BCUT2D eigenvalue weighted by atomic mass is 16.6. The van der Waals surface area contributed by atoms with Crippen LogP contribution in [0.3, 0.4) is 0 Å². The van der Waals surface area contributed by atoms with Crippen molar-refractivity contribution < 1.29 is 4.92 Å². The summed E-state index contributed by atoms with van der Waals surface area (Å²) in [5.74, 6) is 0. The van der Waals surface area contributed by atoms with Gasteiger partial charge >= 0.3 is 0 Å². The number of piperazine rings is 1. The number of rotatable bonds is 5. The first kappa shape index (κ1) is 16.3. The van der Waals surface area contributed by atoms with Gasteiger partial charge in [0.25, 0.3) is 5.69 Å². The predicted octanol–water partition coefficient (Wildman–Crippen LogP) is 3.01. The van der Waals surface area contributed by atoms with Crippen LogP contribution in [-0.4, -0.2) is 30.6 Å². The number of benzene rings is 2. The van der Waals surface area contributed by atoms with E-state index >= 15 is 0 Å². The summed E-state index contributed by atoms with van der Waals surface area (Å²) in [6.07, 6.45) is 0. The van der Waals surface area contributed by atoms with Gasteiger partial charge in [-0.05, 0) is 24.6 Å². The molecule has 2 aromatic rings. The molecule has 0 radical (unpaired) electrons. The van der Waals surface area contributed by atoms with Crippen LogP contribution in [0.1, 0.15) is 12.5 Å². The van der Waals surface area contributed by atoms with Crippen LogP contribution < -0.4 is 15.5 Å². The molecule has 1 fully saturated rings. The van der Waals surface area contributed by atoms with Gasteiger partial charge in [-0.2, -0.15) is 0 Å². The summed E-state index contributed by atoms with van der Waals surface area (Å²) < 4.78 is 0. The minimum atomic E-state index is -0.336. The van der Waals surface area contributed by atoms with Crippen LogP contribution in [-0.2, 0) is 6.54 Å². The van der Waals surface area contributed by atoms with Crippen LogP contribution >= 0.6 is 0 Å².